The molecule has 1 amide bonds. The van der Waals surface area contributed by atoms with Crippen molar-refractivity contribution in [2.75, 3.05) is 11.9 Å². The SMILES string of the molecule is Cc1cccc(C)c1OCC(=O)Nc1nc(C)c(-c2nc(-c3cccs3)no2)s1. The predicted molar refractivity (Wildman–Crippen MR) is 113 cm³/mol. The highest BCUT2D eigenvalue weighted by Crippen LogP contribution is 2.33. The number of nitrogens with zero attached hydrogens (tertiary/aromatic N) is 3. The van der Waals surface area contributed by atoms with Crippen LogP contribution in [0.15, 0.2) is 40.2 Å². The number of rotatable bonds is 6. The number of para-hydroxylation sites is 1. The van der Waals surface area contributed by atoms with E-state index < -0.39 is 0 Å². The molecule has 0 atom stereocenters. The van der Waals surface area contributed by atoms with Gasteiger partial charge in [-0.25, -0.2) is 4.98 Å². The fraction of sp³-hybridized carbons (Fsp3) is 0.200. The van der Waals surface area contributed by atoms with Gasteiger partial charge in [-0.05, 0) is 43.3 Å². The summed E-state index contributed by atoms with van der Waals surface area (Å²) in [7, 11) is 0. The molecule has 0 aliphatic heterocycles. The number of carbonyl (C=O) groups excluding carboxylic acids is 1. The second-order valence-electron chi connectivity index (χ2n) is 6.39. The Labute approximate surface area is 175 Å². The lowest BCUT2D eigenvalue weighted by Crippen LogP contribution is -2.20. The fourth-order valence-electron chi connectivity index (χ4n) is 2.79. The first-order valence-corrected chi connectivity index (χ1v) is 10.5. The summed E-state index contributed by atoms with van der Waals surface area (Å²) in [5, 5.41) is 9.21. The van der Waals surface area contributed by atoms with Crippen molar-refractivity contribution in [3.05, 3.63) is 52.5 Å². The summed E-state index contributed by atoms with van der Waals surface area (Å²) in [5.41, 5.74) is 2.69. The minimum atomic E-state index is -0.280. The predicted octanol–water partition coefficient (Wildman–Crippen LogP) is 4.86. The van der Waals surface area contributed by atoms with Crippen LogP contribution in [0.1, 0.15) is 16.8 Å². The van der Waals surface area contributed by atoms with Crippen LogP contribution in [0.4, 0.5) is 5.13 Å². The maximum Gasteiger partial charge on any atom is 0.270 e. The normalized spacial score (nSPS) is 10.9. The number of aryl methyl sites for hydroxylation is 3. The molecule has 0 saturated carbocycles. The molecule has 0 spiro atoms. The number of ether oxygens (including phenoxy) is 1. The smallest absolute Gasteiger partial charge is 0.270 e. The van der Waals surface area contributed by atoms with Crippen LogP contribution in [0.5, 0.6) is 5.75 Å². The van der Waals surface area contributed by atoms with Crippen LogP contribution < -0.4 is 10.1 Å². The van der Waals surface area contributed by atoms with E-state index in [1.807, 2.05) is 56.5 Å². The summed E-state index contributed by atoms with van der Waals surface area (Å²) in [6.07, 6.45) is 0. The highest BCUT2D eigenvalue weighted by molar-refractivity contribution is 7.19. The van der Waals surface area contributed by atoms with E-state index in [0.29, 0.717) is 22.5 Å². The summed E-state index contributed by atoms with van der Waals surface area (Å²) in [5.74, 6) is 1.37. The van der Waals surface area contributed by atoms with Crippen LogP contribution in [-0.2, 0) is 4.79 Å². The molecule has 0 radical (unpaired) electrons. The minimum absolute atomic E-state index is 0.0945. The summed E-state index contributed by atoms with van der Waals surface area (Å²) in [4.78, 5) is 22.8. The number of carbonyl (C=O) groups is 1. The molecule has 1 aromatic carbocycles. The number of anilines is 1. The van der Waals surface area contributed by atoms with Crippen molar-refractivity contribution in [3.63, 3.8) is 0 Å². The third-order valence-corrected chi connectivity index (χ3v) is 6.09. The lowest BCUT2D eigenvalue weighted by molar-refractivity contribution is -0.118. The van der Waals surface area contributed by atoms with Crippen molar-refractivity contribution in [1.82, 2.24) is 15.1 Å². The fourth-order valence-corrected chi connectivity index (χ4v) is 4.34. The highest BCUT2D eigenvalue weighted by atomic mass is 32.1. The molecule has 9 heteroatoms. The van der Waals surface area contributed by atoms with Gasteiger partial charge in [-0.2, -0.15) is 4.98 Å². The zero-order valence-electron chi connectivity index (χ0n) is 16.1. The summed E-state index contributed by atoms with van der Waals surface area (Å²) in [6, 6.07) is 9.72. The van der Waals surface area contributed by atoms with Gasteiger partial charge in [0.05, 0.1) is 10.6 Å². The number of thiazole rings is 1. The van der Waals surface area contributed by atoms with Gasteiger partial charge in [0.1, 0.15) is 10.6 Å². The van der Waals surface area contributed by atoms with Gasteiger partial charge in [0.25, 0.3) is 11.8 Å². The van der Waals surface area contributed by atoms with Crippen molar-refractivity contribution in [3.8, 4) is 27.2 Å². The average molecular weight is 427 g/mol. The van der Waals surface area contributed by atoms with E-state index >= 15 is 0 Å². The number of nitrogens with one attached hydrogen (secondary N) is 1. The van der Waals surface area contributed by atoms with Gasteiger partial charge in [0.2, 0.25) is 5.82 Å². The van der Waals surface area contributed by atoms with Crippen LogP contribution in [0, 0.1) is 20.8 Å². The summed E-state index contributed by atoms with van der Waals surface area (Å²) in [6.45, 7) is 5.64. The molecular formula is C20H18N4O3S2. The third-order valence-electron chi connectivity index (χ3n) is 4.16. The zero-order valence-corrected chi connectivity index (χ0v) is 17.7. The lowest BCUT2D eigenvalue weighted by atomic mass is 10.1. The Balaban J connectivity index is 1.43. The Morgan fingerprint density at radius 2 is 1.93 bits per heavy atom. The highest BCUT2D eigenvalue weighted by Gasteiger charge is 2.19. The van der Waals surface area contributed by atoms with E-state index in [1.54, 1.807) is 0 Å². The van der Waals surface area contributed by atoms with Crippen molar-refractivity contribution in [2.24, 2.45) is 0 Å². The summed E-state index contributed by atoms with van der Waals surface area (Å²) >= 11 is 2.83. The first-order valence-electron chi connectivity index (χ1n) is 8.85. The molecular weight excluding hydrogens is 408 g/mol. The second-order valence-corrected chi connectivity index (χ2v) is 8.34. The molecule has 3 aromatic heterocycles. The van der Waals surface area contributed by atoms with Crippen molar-refractivity contribution in [1.29, 1.82) is 0 Å². The van der Waals surface area contributed by atoms with Gasteiger partial charge in [-0.3, -0.25) is 10.1 Å². The minimum Gasteiger partial charge on any atom is -0.483 e. The number of thiophene rings is 1. The van der Waals surface area contributed by atoms with Crippen molar-refractivity contribution in [2.45, 2.75) is 20.8 Å². The maximum atomic E-state index is 12.3. The van der Waals surface area contributed by atoms with Gasteiger partial charge < -0.3 is 9.26 Å². The Hall–Kier alpha value is -3.04. The molecule has 0 aliphatic rings. The van der Waals surface area contributed by atoms with E-state index in [4.69, 9.17) is 9.26 Å². The van der Waals surface area contributed by atoms with Crippen LogP contribution in [0.3, 0.4) is 0 Å². The molecule has 0 aliphatic carbocycles. The Morgan fingerprint density at radius 3 is 2.66 bits per heavy atom. The number of hydrogen-bond acceptors (Lipinski definition) is 8. The first-order chi connectivity index (χ1) is 14.0. The molecule has 29 heavy (non-hydrogen) atoms. The molecule has 4 rings (SSSR count). The summed E-state index contributed by atoms with van der Waals surface area (Å²) < 4.78 is 11.1. The number of benzene rings is 1. The Morgan fingerprint density at radius 1 is 1.14 bits per heavy atom. The van der Waals surface area contributed by atoms with Gasteiger partial charge >= 0.3 is 0 Å². The van der Waals surface area contributed by atoms with Crippen molar-refractivity contribution < 1.29 is 14.1 Å². The molecule has 7 nitrogen and oxygen atoms in total. The zero-order chi connectivity index (χ0) is 20.4. The monoisotopic (exact) mass is 426 g/mol. The molecule has 0 fully saturated rings. The van der Waals surface area contributed by atoms with Crippen LogP contribution in [-0.4, -0.2) is 27.6 Å². The molecule has 3 heterocycles. The largest absolute Gasteiger partial charge is 0.483 e. The van der Waals surface area contributed by atoms with Crippen LogP contribution >= 0.6 is 22.7 Å². The van der Waals surface area contributed by atoms with E-state index in [-0.39, 0.29) is 12.5 Å². The Kier molecular flexibility index (Phi) is 5.41. The molecule has 0 unspecified atom stereocenters. The lowest BCUT2D eigenvalue weighted by Gasteiger charge is -2.11. The number of hydrogen-bond donors (Lipinski definition) is 1. The quantitative estimate of drug-likeness (QED) is 0.473. The van der Waals surface area contributed by atoms with Crippen LogP contribution in [0.25, 0.3) is 21.5 Å². The molecule has 1 N–H and O–H groups in total. The van der Waals surface area contributed by atoms with Gasteiger partial charge in [-0.1, -0.05) is 40.8 Å². The first kappa shape index (κ1) is 19.3. The molecule has 4 aromatic rings. The standard InChI is InChI=1S/C20H18N4O3S2/c1-11-6-4-7-12(2)16(11)26-10-15(25)22-20-21-13(3)17(29-20)19-23-18(24-27-19)14-8-5-9-28-14/h4-9H,10H2,1-3H3,(H,21,22,25). The van der Waals surface area contributed by atoms with Gasteiger partial charge in [0.15, 0.2) is 11.7 Å². The second kappa shape index (κ2) is 8.14. The average Bonchev–Trinajstić information content (AvgIpc) is 3.41. The maximum absolute atomic E-state index is 12.3. The van der Waals surface area contributed by atoms with Gasteiger partial charge in [0, 0.05) is 0 Å². The number of amides is 1. The topological polar surface area (TPSA) is 90.1 Å². The van der Waals surface area contributed by atoms with Gasteiger partial charge in [-0.15, -0.1) is 11.3 Å². The molecule has 0 saturated heterocycles. The van der Waals surface area contributed by atoms with E-state index in [2.05, 4.69) is 20.4 Å². The van der Waals surface area contributed by atoms with Crippen LogP contribution in [0.2, 0.25) is 0 Å². The Bertz CT molecular complexity index is 1130. The van der Waals surface area contributed by atoms with E-state index in [1.165, 1.54) is 22.7 Å². The number of aromatic nitrogens is 3. The van der Waals surface area contributed by atoms with Crippen molar-refractivity contribution >= 4 is 33.7 Å². The molecule has 0 bridgehead atoms. The van der Waals surface area contributed by atoms with E-state index in [0.717, 1.165) is 26.6 Å². The van der Waals surface area contributed by atoms with E-state index in [9.17, 15) is 4.79 Å². The molecule has 148 valence electrons. The third kappa shape index (κ3) is 4.20.